The van der Waals surface area contributed by atoms with Gasteiger partial charge in [0.15, 0.2) is 0 Å². The molecule has 0 unspecified atom stereocenters. The molecule has 0 radical (unpaired) electrons. The fourth-order valence-corrected chi connectivity index (χ4v) is 4.17. The number of rotatable bonds is 1. The van der Waals surface area contributed by atoms with Crippen LogP contribution < -0.4 is 4.90 Å². The van der Waals surface area contributed by atoms with Gasteiger partial charge in [0.1, 0.15) is 0 Å². The Labute approximate surface area is 125 Å². The zero-order valence-electron chi connectivity index (χ0n) is 11.0. The first-order valence-electron chi connectivity index (χ1n) is 6.90. The van der Waals surface area contributed by atoms with Crippen molar-refractivity contribution in [3.8, 4) is 0 Å². The van der Waals surface area contributed by atoms with Crippen molar-refractivity contribution < 1.29 is 9.59 Å². The number of amides is 2. The molecule has 4 atom stereocenters. The third kappa shape index (κ3) is 1.46. The second-order valence-electron chi connectivity index (χ2n) is 5.95. The number of fused-ring (bicyclic) bond motifs is 5. The summed E-state index contributed by atoms with van der Waals surface area (Å²) in [7, 11) is 0. The predicted octanol–water partition coefficient (Wildman–Crippen LogP) is 3.07. The lowest BCUT2D eigenvalue weighted by molar-refractivity contribution is -0.123. The molecule has 1 aromatic carbocycles. The summed E-state index contributed by atoms with van der Waals surface area (Å²) in [5, 5.41) is 0. The van der Waals surface area contributed by atoms with Gasteiger partial charge in [-0.1, -0.05) is 28.1 Å². The van der Waals surface area contributed by atoms with Crippen LogP contribution in [0.15, 0.2) is 34.8 Å². The Hall–Kier alpha value is -1.42. The van der Waals surface area contributed by atoms with Gasteiger partial charge in [-0.2, -0.15) is 0 Å². The van der Waals surface area contributed by atoms with Crippen LogP contribution in [0.1, 0.15) is 12.0 Å². The number of nitrogens with zero attached hydrogens (tertiary/aromatic N) is 1. The summed E-state index contributed by atoms with van der Waals surface area (Å²) in [6, 6.07) is 5.63. The highest BCUT2D eigenvalue weighted by Gasteiger charge is 2.59. The minimum Gasteiger partial charge on any atom is -0.274 e. The van der Waals surface area contributed by atoms with E-state index in [1.54, 1.807) is 0 Å². The van der Waals surface area contributed by atoms with Gasteiger partial charge in [-0.3, -0.25) is 14.5 Å². The third-order valence-corrected chi connectivity index (χ3v) is 5.76. The first-order chi connectivity index (χ1) is 9.58. The molecule has 102 valence electrons. The van der Waals surface area contributed by atoms with E-state index in [0.717, 1.165) is 16.5 Å². The van der Waals surface area contributed by atoms with Gasteiger partial charge in [0.05, 0.1) is 17.5 Å². The molecule has 20 heavy (non-hydrogen) atoms. The summed E-state index contributed by atoms with van der Waals surface area (Å²) in [5.74, 6) is 0.256. The van der Waals surface area contributed by atoms with E-state index in [1.165, 1.54) is 4.90 Å². The second-order valence-corrected chi connectivity index (χ2v) is 6.80. The molecule has 1 saturated heterocycles. The summed E-state index contributed by atoms with van der Waals surface area (Å²) in [4.78, 5) is 26.7. The van der Waals surface area contributed by atoms with Crippen LogP contribution >= 0.6 is 15.9 Å². The van der Waals surface area contributed by atoms with Crippen molar-refractivity contribution in [1.82, 2.24) is 0 Å². The lowest BCUT2D eigenvalue weighted by atomic mass is 9.85. The molecule has 2 bridgehead atoms. The molecule has 0 spiro atoms. The Kier molecular flexibility index (Phi) is 2.49. The molecule has 1 heterocycles. The maximum absolute atomic E-state index is 12.6. The Bertz CT molecular complexity index is 636. The van der Waals surface area contributed by atoms with E-state index in [0.29, 0.717) is 5.69 Å². The van der Waals surface area contributed by atoms with Crippen LogP contribution in [0.25, 0.3) is 0 Å². The van der Waals surface area contributed by atoms with Crippen molar-refractivity contribution in [2.75, 3.05) is 4.90 Å². The summed E-state index contributed by atoms with van der Waals surface area (Å²) in [6.45, 7) is 1.96. The number of hydrogen-bond acceptors (Lipinski definition) is 2. The number of aryl methyl sites for hydroxylation is 1. The van der Waals surface area contributed by atoms with Crippen molar-refractivity contribution in [3.63, 3.8) is 0 Å². The lowest BCUT2D eigenvalue weighted by Crippen LogP contribution is -2.32. The Morgan fingerprint density at radius 3 is 2.25 bits per heavy atom. The van der Waals surface area contributed by atoms with E-state index in [-0.39, 0.29) is 35.5 Å². The van der Waals surface area contributed by atoms with Crippen molar-refractivity contribution in [1.29, 1.82) is 0 Å². The minimum atomic E-state index is -0.124. The van der Waals surface area contributed by atoms with Gasteiger partial charge in [-0.05, 0) is 48.9 Å². The van der Waals surface area contributed by atoms with Gasteiger partial charge < -0.3 is 0 Å². The molecule has 4 rings (SSSR count). The minimum absolute atomic E-state index is 0.0152. The van der Waals surface area contributed by atoms with Gasteiger partial charge >= 0.3 is 0 Å². The highest BCUT2D eigenvalue weighted by molar-refractivity contribution is 9.10. The molecule has 2 fully saturated rings. The Balaban J connectivity index is 1.76. The van der Waals surface area contributed by atoms with Gasteiger partial charge in [-0.25, -0.2) is 0 Å². The van der Waals surface area contributed by atoms with Crippen molar-refractivity contribution >= 4 is 33.4 Å². The average molecular weight is 332 g/mol. The molecule has 3 aliphatic rings. The van der Waals surface area contributed by atoms with Gasteiger partial charge in [-0.15, -0.1) is 0 Å². The fraction of sp³-hybridized carbons (Fsp3) is 0.375. The molecule has 1 aromatic rings. The number of allylic oxidation sites excluding steroid dienone is 2. The van der Waals surface area contributed by atoms with E-state index in [9.17, 15) is 9.59 Å². The molecule has 2 aliphatic carbocycles. The lowest BCUT2D eigenvalue weighted by Gasteiger charge is -2.18. The van der Waals surface area contributed by atoms with E-state index >= 15 is 0 Å². The second kappa shape index (κ2) is 4.04. The molecule has 4 heteroatoms. The third-order valence-electron chi connectivity index (χ3n) is 4.87. The van der Waals surface area contributed by atoms with Crippen LogP contribution in [0, 0.1) is 30.6 Å². The van der Waals surface area contributed by atoms with Crippen LogP contribution in [-0.4, -0.2) is 11.8 Å². The largest absolute Gasteiger partial charge is 0.274 e. The van der Waals surface area contributed by atoms with Gasteiger partial charge in [0.25, 0.3) is 0 Å². The van der Waals surface area contributed by atoms with Crippen molar-refractivity contribution in [3.05, 3.63) is 40.4 Å². The average Bonchev–Trinajstić information content (AvgIpc) is 3.08. The topological polar surface area (TPSA) is 37.4 Å². The van der Waals surface area contributed by atoms with Crippen LogP contribution in [0.4, 0.5) is 5.69 Å². The van der Waals surface area contributed by atoms with Crippen LogP contribution in [-0.2, 0) is 9.59 Å². The molecular formula is C16H14BrNO2. The first-order valence-corrected chi connectivity index (χ1v) is 7.69. The van der Waals surface area contributed by atoms with Crippen LogP contribution in [0.2, 0.25) is 0 Å². The molecule has 0 aromatic heterocycles. The molecule has 1 aliphatic heterocycles. The van der Waals surface area contributed by atoms with E-state index in [1.807, 2.05) is 25.1 Å². The molecule has 2 amide bonds. The molecule has 0 N–H and O–H groups in total. The smallest absolute Gasteiger partial charge is 0.238 e. The number of benzene rings is 1. The number of carbonyl (C=O) groups excluding carboxylic acids is 2. The molecular weight excluding hydrogens is 318 g/mol. The number of imide groups is 1. The monoisotopic (exact) mass is 331 g/mol. The summed E-state index contributed by atoms with van der Waals surface area (Å²) < 4.78 is 0.988. The summed E-state index contributed by atoms with van der Waals surface area (Å²) in [6.07, 6.45) is 5.21. The fourth-order valence-electron chi connectivity index (χ4n) is 3.92. The Morgan fingerprint density at radius 1 is 1.10 bits per heavy atom. The maximum Gasteiger partial charge on any atom is 0.238 e. The van der Waals surface area contributed by atoms with Crippen LogP contribution in [0.3, 0.4) is 0 Å². The summed E-state index contributed by atoms with van der Waals surface area (Å²) >= 11 is 3.45. The number of hydrogen-bond donors (Lipinski definition) is 0. The number of anilines is 1. The predicted molar refractivity (Wildman–Crippen MR) is 79.1 cm³/mol. The molecule has 3 nitrogen and oxygen atoms in total. The maximum atomic E-state index is 12.6. The highest BCUT2D eigenvalue weighted by Crippen LogP contribution is 2.53. The SMILES string of the molecule is Cc1cc(N2C(=O)[C@@H]3[C@H](C2=O)[C@@H]2C=C[C@@H]3C2)ccc1Br. The van der Waals surface area contributed by atoms with Crippen molar-refractivity contribution in [2.45, 2.75) is 13.3 Å². The van der Waals surface area contributed by atoms with E-state index in [4.69, 9.17) is 0 Å². The van der Waals surface area contributed by atoms with E-state index in [2.05, 4.69) is 28.1 Å². The zero-order chi connectivity index (χ0) is 14.0. The number of halogens is 1. The normalized spacial score (nSPS) is 34.2. The summed E-state index contributed by atoms with van der Waals surface area (Å²) in [5.41, 5.74) is 1.73. The Morgan fingerprint density at radius 2 is 1.70 bits per heavy atom. The standard InChI is InChI=1S/C16H14BrNO2/c1-8-6-11(4-5-12(8)17)18-15(19)13-9-2-3-10(7-9)14(13)16(18)20/h2-6,9-10,13-14H,7H2,1H3/t9-,10-,13-,14+/m1/s1. The zero-order valence-corrected chi connectivity index (χ0v) is 12.6. The number of carbonyl (C=O) groups is 2. The van der Waals surface area contributed by atoms with Crippen LogP contribution in [0.5, 0.6) is 0 Å². The molecule has 1 saturated carbocycles. The van der Waals surface area contributed by atoms with Crippen molar-refractivity contribution in [2.24, 2.45) is 23.7 Å². The highest BCUT2D eigenvalue weighted by atomic mass is 79.9. The van der Waals surface area contributed by atoms with Gasteiger partial charge in [0.2, 0.25) is 11.8 Å². The quantitative estimate of drug-likeness (QED) is 0.585. The van der Waals surface area contributed by atoms with Gasteiger partial charge in [0, 0.05) is 4.47 Å². The van der Waals surface area contributed by atoms with E-state index < -0.39 is 0 Å². The first kappa shape index (κ1) is 12.3.